The topological polar surface area (TPSA) is 51.8 Å². The molecule has 0 atom stereocenters. The van der Waals surface area contributed by atoms with Crippen LogP contribution in [0, 0.1) is 0 Å². The summed E-state index contributed by atoms with van der Waals surface area (Å²) >= 11 is 2.77. The number of thiophene rings is 2. The van der Waals surface area contributed by atoms with Crippen molar-refractivity contribution >= 4 is 85.0 Å². The van der Waals surface area contributed by atoms with E-state index in [1.54, 1.807) is 11.3 Å². The summed E-state index contributed by atoms with van der Waals surface area (Å²) in [5.74, 6) is 0.691. The first-order valence-electron chi connectivity index (χ1n) is 21.4. The van der Waals surface area contributed by atoms with Gasteiger partial charge in [-0.05, 0) is 58.6 Å². The maximum atomic E-state index is 9.80. The molecular formula is C51H29N3OS2. The summed E-state index contributed by atoms with van der Waals surface area (Å²) in [4.78, 5) is 15.0. The number of hydrogen-bond acceptors (Lipinski definition) is 6. The molecule has 0 N–H and O–H groups in total. The van der Waals surface area contributed by atoms with E-state index in [9.17, 15) is 5.48 Å². The summed E-state index contributed by atoms with van der Waals surface area (Å²) in [5.41, 5.74) is 5.95. The van der Waals surface area contributed by atoms with Crippen molar-refractivity contribution in [3.63, 3.8) is 0 Å². The predicted octanol–water partition coefficient (Wildman–Crippen LogP) is 14.8. The Morgan fingerprint density at radius 1 is 0.404 bits per heavy atom. The Morgan fingerprint density at radius 2 is 1.09 bits per heavy atom. The number of aromatic nitrogens is 3. The van der Waals surface area contributed by atoms with Gasteiger partial charge in [0.25, 0.3) is 0 Å². The molecule has 0 aliphatic heterocycles. The van der Waals surface area contributed by atoms with Crippen LogP contribution in [0.4, 0.5) is 0 Å². The second kappa shape index (κ2) is 12.8. The monoisotopic (exact) mass is 769 g/mol. The third-order valence-electron chi connectivity index (χ3n) is 10.5. The molecule has 57 heavy (non-hydrogen) atoms. The van der Waals surface area contributed by atoms with Crippen LogP contribution in [-0.4, -0.2) is 15.0 Å². The second-order valence-electron chi connectivity index (χ2n) is 13.8. The number of rotatable bonds is 5. The van der Waals surface area contributed by atoms with Crippen LogP contribution >= 0.6 is 22.7 Å². The first-order chi connectivity index (χ1) is 30.7. The molecule has 0 aliphatic carbocycles. The second-order valence-corrected chi connectivity index (χ2v) is 16.0. The molecule has 0 fully saturated rings. The number of fused-ring (bicyclic) bond motifs is 9. The van der Waals surface area contributed by atoms with E-state index >= 15 is 0 Å². The molecule has 12 aromatic rings. The summed E-state index contributed by atoms with van der Waals surface area (Å²) in [6.45, 7) is 0. The highest BCUT2D eigenvalue weighted by molar-refractivity contribution is 7.26. The zero-order chi connectivity index (χ0) is 42.7. The third-order valence-corrected chi connectivity index (χ3v) is 12.6. The average Bonchev–Trinajstić information content (AvgIpc) is 4.02. The molecule has 4 aromatic heterocycles. The van der Waals surface area contributed by atoms with Gasteiger partial charge in [-0.3, -0.25) is 0 Å². The molecule has 4 heterocycles. The molecule has 8 aromatic carbocycles. The molecule has 0 spiro atoms. The number of para-hydroxylation sites is 1. The van der Waals surface area contributed by atoms with Gasteiger partial charge in [-0.2, -0.15) is 0 Å². The Hall–Kier alpha value is -6.99. The summed E-state index contributed by atoms with van der Waals surface area (Å²) < 4.78 is 65.3. The summed E-state index contributed by atoms with van der Waals surface area (Å²) in [7, 11) is 0. The average molecular weight is 770 g/mol. The lowest BCUT2D eigenvalue weighted by molar-refractivity contribution is 0.669. The van der Waals surface area contributed by atoms with Gasteiger partial charge in [-0.15, -0.1) is 22.7 Å². The van der Waals surface area contributed by atoms with E-state index in [4.69, 9.17) is 22.1 Å². The lowest BCUT2D eigenvalue weighted by Crippen LogP contribution is -2.00. The molecule has 0 saturated heterocycles. The van der Waals surface area contributed by atoms with E-state index in [2.05, 4.69) is 12.1 Å². The predicted molar refractivity (Wildman–Crippen MR) is 240 cm³/mol. The molecule has 266 valence electrons. The van der Waals surface area contributed by atoms with Crippen LogP contribution in [0.2, 0.25) is 0 Å². The minimum atomic E-state index is -0.263. The SMILES string of the molecule is [2H]c1c([2H])c(-c2ccc3c(c2)sc2ccccc23)c2c(sc3c([2H])c(-c4nc(-c5ccc(-c6ccccc6)cc5)nc(-c5cccc6oc7ccccc7c56)n4)c([2H])c([2H])c32)c1[2H]. The standard InChI is InChI=1S/C51H29N3OS2/c1-2-10-30(11-3-1)31-20-22-32(23-21-31)49-52-50(54-51(53-49)40-15-8-17-42-47(40)38-13-4-6-16-41(38)55-42)34-25-27-39-46(29-34)57-44-19-9-14-35(48(39)44)33-24-26-37-36-12-5-7-18-43(36)56-45(37)28-33/h1-29H/i9D,14D,19D,25D,27D,29D. The largest absolute Gasteiger partial charge is 0.456 e. The Balaban J connectivity index is 1.10. The fourth-order valence-corrected chi connectivity index (χ4v) is 9.96. The molecule has 0 saturated carbocycles. The number of benzene rings is 8. The maximum Gasteiger partial charge on any atom is 0.164 e. The van der Waals surface area contributed by atoms with E-state index in [0.29, 0.717) is 65.2 Å². The van der Waals surface area contributed by atoms with Gasteiger partial charge in [0.05, 0.1) is 8.22 Å². The van der Waals surface area contributed by atoms with Gasteiger partial charge in [0.1, 0.15) is 11.2 Å². The molecule has 0 aliphatic rings. The van der Waals surface area contributed by atoms with Crippen LogP contribution in [0.25, 0.3) is 119 Å². The normalized spacial score (nSPS) is 13.3. The number of nitrogens with zero attached hydrogens (tertiary/aromatic N) is 3. The molecule has 0 amide bonds. The van der Waals surface area contributed by atoms with Crippen molar-refractivity contribution in [3.8, 4) is 56.4 Å². The van der Waals surface area contributed by atoms with E-state index in [1.807, 2.05) is 127 Å². The highest BCUT2D eigenvalue weighted by Crippen LogP contribution is 2.44. The minimum Gasteiger partial charge on any atom is -0.456 e. The van der Waals surface area contributed by atoms with E-state index in [-0.39, 0.29) is 47.6 Å². The van der Waals surface area contributed by atoms with Crippen molar-refractivity contribution in [3.05, 3.63) is 176 Å². The minimum absolute atomic E-state index is 0.0473. The number of furan rings is 1. The molecule has 4 nitrogen and oxygen atoms in total. The van der Waals surface area contributed by atoms with Gasteiger partial charge in [0.2, 0.25) is 0 Å². The molecule has 0 bridgehead atoms. The van der Waals surface area contributed by atoms with Crippen molar-refractivity contribution in [2.24, 2.45) is 0 Å². The van der Waals surface area contributed by atoms with Crippen molar-refractivity contribution in [2.45, 2.75) is 0 Å². The van der Waals surface area contributed by atoms with Crippen LogP contribution < -0.4 is 0 Å². The van der Waals surface area contributed by atoms with Crippen LogP contribution in [-0.2, 0) is 0 Å². The van der Waals surface area contributed by atoms with Gasteiger partial charge in [-0.25, -0.2) is 15.0 Å². The summed E-state index contributed by atoms with van der Waals surface area (Å²) in [6.07, 6.45) is 0. The smallest absolute Gasteiger partial charge is 0.164 e. The molecular weight excluding hydrogens is 735 g/mol. The summed E-state index contributed by atoms with van der Waals surface area (Å²) in [5, 5.41) is 4.63. The van der Waals surface area contributed by atoms with E-state index in [1.165, 1.54) is 0 Å². The summed E-state index contributed by atoms with van der Waals surface area (Å²) in [6, 6.07) is 44.5. The van der Waals surface area contributed by atoms with E-state index in [0.717, 1.165) is 53.4 Å². The third kappa shape index (κ3) is 5.30. The Bertz CT molecular complexity index is 3880. The van der Waals surface area contributed by atoms with Gasteiger partial charge >= 0.3 is 0 Å². The van der Waals surface area contributed by atoms with Crippen LogP contribution in [0.1, 0.15) is 8.22 Å². The zero-order valence-electron chi connectivity index (χ0n) is 35.8. The van der Waals surface area contributed by atoms with Gasteiger partial charge in [0, 0.05) is 67.8 Å². The number of hydrogen-bond donors (Lipinski definition) is 0. The van der Waals surface area contributed by atoms with Crippen molar-refractivity contribution in [1.29, 1.82) is 0 Å². The highest BCUT2D eigenvalue weighted by atomic mass is 32.1. The fraction of sp³-hybridized carbons (Fsp3) is 0. The first-order valence-corrected chi connectivity index (χ1v) is 20.1. The lowest BCUT2D eigenvalue weighted by atomic mass is 9.98. The molecule has 6 heteroatoms. The maximum absolute atomic E-state index is 9.80. The lowest BCUT2D eigenvalue weighted by Gasteiger charge is -2.10. The van der Waals surface area contributed by atoms with Crippen molar-refractivity contribution < 1.29 is 12.6 Å². The van der Waals surface area contributed by atoms with Crippen LogP contribution in [0.3, 0.4) is 0 Å². The quantitative estimate of drug-likeness (QED) is 0.175. The van der Waals surface area contributed by atoms with Gasteiger partial charge in [-0.1, -0.05) is 139 Å². The van der Waals surface area contributed by atoms with Crippen molar-refractivity contribution in [2.75, 3.05) is 0 Å². The first kappa shape index (κ1) is 26.8. The van der Waals surface area contributed by atoms with Gasteiger partial charge < -0.3 is 4.42 Å². The highest BCUT2D eigenvalue weighted by Gasteiger charge is 2.19. The Labute approximate surface area is 343 Å². The molecule has 0 radical (unpaired) electrons. The zero-order valence-corrected chi connectivity index (χ0v) is 31.5. The van der Waals surface area contributed by atoms with Crippen molar-refractivity contribution in [1.82, 2.24) is 15.0 Å². The van der Waals surface area contributed by atoms with Crippen LogP contribution in [0.15, 0.2) is 180 Å². The fourth-order valence-electron chi connectivity index (χ4n) is 7.80. The Morgan fingerprint density at radius 3 is 1.98 bits per heavy atom. The van der Waals surface area contributed by atoms with Crippen LogP contribution in [0.5, 0.6) is 0 Å². The Kier molecular flexibility index (Phi) is 6.00. The molecule has 12 rings (SSSR count). The van der Waals surface area contributed by atoms with E-state index < -0.39 is 0 Å². The molecule has 0 unspecified atom stereocenters. The van der Waals surface area contributed by atoms with Gasteiger partial charge in [0.15, 0.2) is 17.5 Å².